The molecule has 2 heteroatoms. The molecule has 0 bridgehead atoms. The van der Waals surface area contributed by atoms with Crippen LogP contribution >= 0.6 is 0 Å². The highest BCUT2D eigenvalue weighted by Gasteiger charge is 2.36. The minimum absolute atomic E-state index is 0.0675. The summed E-state index contributed by atoms with van der Waals surface area (Å²) < 4.78 is 0. The quantitative estimate of drug-likeness (QED) is 0.815. The van der Waals surface area contributed by atoms with Crippen molar-refractivity contribution in [1.82, 2.24) is 4.90 Å². The SMILES string of the molecule is CC1CC1CN(C)CC1CC(C)(C)CCC1O. The van der Waals surface area contributed by atoms with Gasteiger partial charge in [0.15, 0.2) is 0 Å². The Kier molecular flexibility index (Phi) is 3.84. The third-order valence-electron chi connectivity index (χ3n) is 4.84. The zero-order chi connectivity index (χ0) is 12.6. The summed E-state index contributed by atoms with van der Waals surface area (Å²) >= 11 is 0. The molecule has 0 heterocycles. The molecule has 17 heavy (non-hydrogen) atoms. The van der Waals surface area contributed by atoms with Gasteiger partial charge in [-0.05, 0) is 55.9 Å². The second-order valence-electron chi connectivity index (χ2n) is 7.43. The summed E-state index contributed by atoms with van der Waals surface area (Å²) in [7, 11) is 2.22. The molecule has 4 unspecified atom stereocenters. The number of aliphatic hydroxyl groups is 1. The van der Waals surface area contributed by atoms with E-state index in [2.05, 4.69) is 32.7 Å². The smallest absolute Gasteiger partial charge is 0.0581 e. The van der Waals surface area contributed by atoms with Crippen molar-refractivity contribution in [3.05, 3.63) is 0 Å². The summed E-state index contributed by atoms with van der Waals surface area (Å²) in [6.07, 6.45) is 4.68. The second-order valence-corrected chi connectivity index (χ2v) is 7.43. The largest absolute Gasteiger partial charge is 0.393 e. The summed E-state index contributed by atoms with van der Waals surface area (Å²) in [6, 6.07) is 0. The Morgan fingerprint density at radius 1 is 1.24 bits per heavy atom. The molecule has 2 saturated carbocycles. The molecule has 4 atom stereocenters. The summed E-state index contributed by atoms with van der Waals surface area (Å²) in [5, 5.41) is 10.1. The first-order valence-corrected chi connectivity index (χ1v) is 7.24. The normalized spacial score (nSPS) is 40.6. The fraction of sp³-hybridized carbons (Fsp3) is 1.00. The predicted octanol–water partition coefficient (Wildman–Crippen LogP) is 2.76. The van der Waals surface area contributed by atoms with Crippen LogP contribution < -0.4 is 0 Å². The van der Waals surface area contributed by atoms with Crippen LogP contribution in [0.25, 0.3) is 0 Å². The molecule has 0 amide bonds. The van der Waals surface area contributed by atoms with E-state index in [9.17, 15) is 5.11 Å². The fourth-order valence-electron chi connectivity index (χ4n) is 3.44. The van der Waals surface area contributed by atoms with Crippen LogP contribution in [0.2, 0.25) is 0 Å². The molecule has 0 spiro atoms. The van der Waals surface area contributed by atoms with Crippen LogP contribution in [-0.4, -0.2) is 36.2 Å². The van der Waals surface area contributed by atoms with Crippen molar-refractivity contribution in [2.75, 3.05) is 20.1 Å². The molecule has 0 saturated heterocycles. The topological polar surface area (TPSA) is 23.5 Å². The Morgan fingerprint density at radius 3 is 2.41 bits per heavy atom. The highest BCUT2D eigenvalue weighted by Crippen LogP contribution is 2.40. The molecular weight excluding hydrogens is 210 g/mol. The van der Waals surface area contributed by atoms with Crippen molar-refractivity contribution in [2.24, 2.45) is 23.2 Å². The lowest BCUT2D eigenvalue weighted by Gasteiger charge is -2.40. The van der Waals surface area contributed by atoms with E-state index < -0.39 is 0 Å². The lowest BCUT2D eigenvalue weighted by atomic mass is 9.71. The Morgan fingerprint density at radius 2 is 1.82 bits per heavy atom. The third kappa shape index (κ3) is 3.69. The van der Waals surface area contributed by atoms with Crippen molar-refractivity contribution in [3.8, 4) is 0 Å². The highest BCUT2D eigenvalue weighted by atomic mass is 16.3. The van der Waals surface area contributed by atoms with Gasteiger partial charge < -0.3 is 10.0 Å². The Labute approximate surface area is 106 Å². The van der Waals surface area contributed by atoms with Gasteiger partial charge in [0, 0.05) is 13.1 Å². The minimum Gasteiger partial charge on any atom is -0.393 e. The van der Waals surface area contributed by atoms with Crippen LogP contribution in [0.5, 0.6) is 0 Å². The van der Waals surface area contributed by atoms with E-state index >= 15 is 0 Å². The lowest BCUT2D eigenvalue weighted by Crippen LogP contribution is -2.40. The van der Waals surface area contributed by atoms with Crippen LogP contribution in [0.4, 0.5) is 0 Å². The molecule has 2 aliphatic rings. The summed E-state index contributed by atoms with van der Waals surface area (Å²) in [5.41, 5.74) is 0.428. The standard InChI is InChI=1S/C15H29NO/c1-11-7-12(11)9-16(4)10-13-8-15(2,3)6-5-14(13)17/h11-14,17H,5-10H2,1-4H3. The second kappa shape index (κ2) is 4.89. The van der Waals surface area contributed by atoms with Crippen molar-refractivity contribution < 1.29 is 5.11 Å². The van der Waals surface area contributed by atoms with Gasteiger partial charge in [-0.15, -0.1) is 0 Å². The minimum atomic E-state index is -0.0675. The fourth-order valence-corrected chi connectivity index (χ4v) is 3.44. The highest BCUT2D eigenvalue weighted by molar-refractivity contribution is 4.88. The van der Waals surface area contributed by atoms with E-state index in [0.29, 0.717) is 11.3 Å². The lowest BCUT2D eigenvalue weighted by molar-refractivity contribution is 0.00708. The monoisotopic (exact) mass is 239 g/mol. The summed E-state index contributed by atoms with van der Waals surface area (Å²) in [6.45, 7) is 9.33. The zero-order valence-corrected chi connectivity index (χ0v) is 11.9. The molecule has 0 aliphatic heterocycles. The van der Waals surface area contributed by atoms with Crippen LogP contribution in [0, 0.1) is 23.2 Å². The van der Waals surface area contributed by atoms with Gasteiger partial charge >= 0.3 is 0 Å². The maximum absolute atomic E-state index is 10.1. The van der Waals surface area contributed by atoms with E-state index in [0.717, 1.165) is 24.8 Å². The van der Waals surface area contributed by atoms with Gasteiger partial charge in [0.25, 0.3) is 0 Å². The van der Waals surface area contributed by atoms with Crippen molar-refractivity contribution in [3.63, 3.8) is 0 Å². The molecule has 2 nitrogen and oxygen atoms in total. The van der Waals surface area contributed by atoms with Crippen LogP contribution in [0.3, 0.4) is 0 Å². The van der Waals surface area contributed by atoms with Crippen LogP contribution in [-0.2, 0) is 0 Å². The first-order chi connectivity index (χ1) is 7.87. The first-order valence-electron chi connectivity index (χ1n) is 7.24. The molecule has 100 valence electrons. The molecule has 0 aromatic rings. The average molecular weight is 239 g/mol. The number of nitrogens with zero attached hydrogens (tertiary/aromatic N) is 1. The van der Waals surface area contributed by atoms with E-state index in [1.807, 2.05) is 0 Å². The predicted molar refractivity (Wildman–Crippen MR) is 71.9 cm³/mol. The van der Waals surface area contributed by atoms with Gasteiger partial charge in [0.05, 0.1) is 6.10 Å². The molecule has 1 N–H and O–H groups in total. The van der Waals surface area contributed by atoms with E-state index in [1.165, 1.54) is 25.8 Å². The van der Waals surface area contributed by atoms with Gasteiger partial charge in [0.2, 0.25) is 0 Å². The molecule has 0 radical (unpaired) electrons. The van der Waals surface area contributed by atoms with Crippen LogP contribution in [0.1, 0.15) is 46.5 Å². The maximum Gasteiger partial charge on any atom is 0.0581 e. The summed E-state index contributed by atoms with van der Waals surface area (Å²) in [4.78, 5) is 2.45. The Balaban J connectivity index is 1.79. The van der Waals surface area contributed by atoms with Gasteiger partial charge in [-0.25, -0.2) is 0 Å². The van der Waals surface area contributed by atoms with Gasteiger partial charge in [-0.2, -0.15) is 0 Å². The maximum atomic E-state index is 10.1. The van der Waals surface area contributed by atoms with E-state index in [1.54, 1.807) is 0 Å². The number of rotatable bonds is 4. The Bertz CT molecular complexity index is 264. The molecule has 0 aromatic carbocycles. The Hall–Kier alpha value is -0.0800. The van der Waals surface area contributed by atoms with E-state index in [4.69, 9.17) is 0 Å². The zero-order valence-electron chi connectivity index (χ0n) is 11.9. The first kappa shape index (κ1) is 13.4. The van der Waals surface area contributed by atoms with Crippen molar-refractivity contribution >= 4 is 0 Å². The molecule has 0 aromatic heterocycles. The number of hydrogen-bond acceptors (Lipinski definition) is 2. The number of hydrogen-bond donors (Lipinski definition) is 1. The van der Waals surface area contributed by atoms with E-state index in [-0.39, 0.29) is 6.10 Å². The van der Waals surface area contributed by atoms with Gasteiger partial charge in [-0.3, -0.25) is 0 Å². The van der Waals surface area contributed by atoms with Crippen molar-refractivity contribution in [2.45, 2.75) is 52.6 Å². The molecular formula is C15H29NO. The third-order valence-corrected chi connectivity index (χ3v) is 4.84. The molecule has 2 rings (SSSR count). The molecule has 2 fully saturated rings. The van der Waals surface area contributed by atoms with Crippen molar-refractivity contribution in [1.29, 1.82) is 0 Å². The molecule has 2 aliphatic carbocycles. The van der Waals surface area contributed by atoms with Gasteiger partial charge in [-0.1, -0.05) is 20.8 Å². The average Bonchev–Trinajstić information content (AvgIpc) is 2.87. The van der Waals surface area contributed by atoms with Gasteiger partial charge in [0.1, 0.15) is 0 Å². The summed E-state index contributed by atoms with van der Waals surface area (Å²) in [5.74, 6) is 2.34. The number of aliphatic hydroxyl groups excluding tert-OH is 1. The van der Waals surface area contributed by atoms with Crippen LogP contribution in [0.15, 0.2) is 0 Å².